The lowest BCUT2D eigenvalue weighted by atomic mass is 9.85. The molecule has 0 radical (unpaired) electrons. The van der Waals surface area contributed by atoms with E-state index in [1.807, 2.05) is 0 Å². The molecule has 4 N–H and O–H groups in total. The fourth-order valence-corrected chi connectivity index (χ4v) is 2.00. The monoisotopic (exact) mass is 156 g/mol. The van der Waals surface area contributed by atoms with Crippen LogP contribution in [0.15, 0.2) is 0 Å². The van der Waals surface area contributed by atoms with Gasteiger partial charge in [0.05, 0.1) is 5.54 Å². The highest BCUT2D eigenvalue weighted by molar-refractivity contribution is 5.85. The zero-order chi connectivity index (χ0) is 8.48. The van der Waals surface area contributed by atoms with Gasteiger partial charge in [0.1, 0.15) is 0 Å². The van der Waals surface area contributed by atoms with Gasteiger partial charge in [-0.1, -0.05) is 19.8 Å². The second-order valence-electron chi connectivity index (χ2n) is 3.40. The SMILES string of the molecule is CC[C@H]1CCC[C@]1(N)C(N)=O. The standard InChI is InChI=1S/C8H16N2O/c1-2-6-4-3-5-8(6,10)7(9)11/h6H,2-5,10H2,1H3,(H2,9,11)/t6-,8+/m0/s1. The molecule has 0 unspecified atom stereocenters. The van der Waals surface area contributed by atoms with Gasteiger partial charge in [-0.2, -0.15) is 0 Å². The van der Waals surface area contributed by atoms with E-state index < -0.39 is 5.54 Å². The Bertz CT molecular complexity index is 169. The van der Waals surface area contributed by atoms with Gasteiger partial charge >= 0.3 is 0 Å². The third kappa shape index (κ3) is 1.25. The Hall–Kier alpha value is -0.570. The Morgan fingerprint density at radius 3 is 2.73 bits per heavy atom. The summed E-state index contributed by atoms with van der Waals surface area (Å²) >= 11 is 0. The summed E-state index contributed by atoms with van der Waals surface area (Å²) in [6.45, 7) is 2.06. The second kappa shape index (κ2) is 2.81. The number of hydrogen-bond donors (Lipinski definition) is 2. The molecule has 0 saturated heterocycles. The largest absolute Gasteiger partial charge is 0.368 e. The summed E-state index contributed by atoms with van der Waals surface area (Å²) < 4.78 is 0. The van der Waals surface area contributed by atoms with Crippen LogP contribution in [0, 0.1) is 5.92 Å². The van der Waals surface area contributed by atoms with Crippen molar-refractivity contribution >= 4 is 5.91 Å². The van der Waals surface area contributed by atoms with Crippen LogP contribution in [-0.2, 0) is 4.79 Å². The van der Waals surface area contributed by atoms with Crippen LogP contribution < -0.4 is 11.5 Å². The molecule has 0 heterocycles. The molecule has 1 aliphatic carbocycles. The molecule has 2 atom stereocenters. The summed E-state index contributed by atoms with van der Waals surface area (Å²) in [5, 5.41) is 0. The van der Waals surface area contributed by atoms with Crippen molar-refractivity contribution < 1.29 is 4.79 Å². The number of primary amides is 1. The number of nitrogens with two attached hydrogens (primary N) is 2. The van der Waals surface area contributed by atoms with Crippen LogP contribution in [0.3, 0.4) is 0 Å². The van der Waals surface area contributed by atoms with Gasteiger partial charge in [-0.05, 0) is 18.8 Å². The van der Waals surface area contributed by atoms with Crippen molar-refractivity contribution in [3.05, 3.63) is 0 Å². The highest BCUT2D eigenvalue weighted by Gasteiger charge is 2.43. The third-order valence-electron chi connectivity index (χ3n) is 2.82. The molecule has 0 aromatic heterocycles. The Balaban J connectivity index is 2.75. The van der Waals surface area contributed by atoms with Crippen LogP contribution in [0.2, 0.25) is 0 Å². The van der Waals surface area contributed by atoms with Crippen LogP contribution in [0.4, 0.5) is 0 Å². The molecule has 1 rings (SSSR count). The maximum Gasteiger partial charge on any atom is 0.237 e. The van der Waals surface area contributed by atoms with Crippen molar-refractivity contribution in [1.29, 1.82) is 0 Å². The molecular formula is C8H16N2O. The van der Waals surface area contributed by atoms with Crippen LogP contribution in [0.5, 0.6) is 0 Å². The Kier molecular flexibility index (Phi) is 2.18. The van der Waals surface area contributed by atoms with Gasteiger partial charge in [0, 0.05) is 0 Å². The van der Waals surface area contributed by atoms with Gasteiger partial charge in [-0.15, -0.1) is 0 Å². The summed E-state index contributed by atoms with van der Waals surface area (Å²) in [5.41, 5.74) is 10.4. The minimum absolute atomic E-state index is 0.306. The molecule has 1 saturated carbocycles. The van der Waals surface area contributed by atoms with E-state index >= 15 is 0 Å². The number of carbonyl (C=O) groups excluding carboxylic acids is 1. The summed E-state index contributed by atoms with van der Waals surface area (Å²) in [5.74, 6) is -0.0261. The van der Waals surface area contributed by atoms with Gasteiger partial charge in [-0.3, -0.25) is 4.79 Å². The zero-order valence-corrected chi connectivity index (χ0v) is 6.97. The molecular weight excluding hydrogens is 140 g/mol. The van der Waals surface area contributed by atoms with Gasteiger partial charge in [0.25, 0.3) is 0 Å². The van der Waals surface area contributed by atoms with E-state index in [0.29, 0.717) is 5.92 Å². The highest BCUT2D eigenvalue weighted by atomic mass is 16.1. The van der Waals surface area contributed by atoms with E-state index in [1.54, 1.807) is 0 Å². The van der Waals surface area contributed by atoms with E-state index in [4.69, 9.17) is 11.5 Å². The Labute approximate surface area is 67.1 Å². The van der Waals surface area contributed by atoms with E-state index in [9.17, 15) is 4.79 Å². The molecule has 3 nitrogen and oxygen atoms in total. The number of rotatable bonds is 2. The van der Waals surface area contributed by atoms with Crippen LogP contribution in [0.25, 0.3) is 0 Å². The molecule has 1 amide bonds. The molecule has 64 valence electrons. The van der Waals surface area contributed by atoms with Crippen molar-refractivity contribution in [2.75, 3.05) is 0 Å². The van der Waals surface area contributed by atoms with E-state index in [2.05, 4.69) is 6.92 Å². The number of amides is 1. The molecule has 0 aromatic carbocycles. The summed E-state index contributed by atoms with van der Waals surface area (Å²) in [6.07, 6.45) is 3.81. The highest BCUT2D eigenvalue weighted by Crippen LogP contribution is 2.35. The maximum absolute atomic E-state index is 11.0. The first-order chi connectivity index (χ1) is 5.11. The zero-order valence-electron chi connectivity index (χ0n) is 6.97. The van der Waals surface area contributed by atoms with Gasteiger partial charge in [-0.25, -0.2) is 0 Å². The first-order valence-electron chi connectivity index (χ1n) is 4.20. The normalized spacial score (nSPS) is 37.5. The molecule has 0 spiro atoms. The quantitative estimate of drug-likeness (QED) is 0.606. The summed E-state index contributed by atoms with van der Waals surface area (Å²) in [7, 11) is 0. The van der Waals surface area contributed by atoms with Crippen molar-refractivity contribution in [2.45, 2.75) is 38.1 Å². The molecule has 11 heavy (non-hydrogen) atoms. The van der Waals surface area contributed by atoms with Crippen LogP contribution >= 0.6 is 0 Å². The maximum atomic E-state index is 11.0. The molecule has 0 aromatic rings. The van der Waals surface area contributed by atoms with Crippen molar-refractivity contribution in [3.63, 3.8) is 0 Å². The third-order valence-corrected chi connectivity index (χ3v) is 2.82. The van der Waals surface area contributed by atoms with E-state index in [-0.39, 0.29) is 5.91 Å². The fraction of sp³-hybridized carbons (Fsp3) is 0.875. The molecule has 1 aliphatic rings. The minimum Gasteiger partial charge on any atom is -0.368 e. The lowest BCUT2D eigenvalue weighted by Gasteiger charge is -2.26. The average molecular weight is 156 g/mol. The molecule has 3 heteroatoms. The summed E-state index contributed by atoms with van der Waals surface area (Å²) in [6, 6.07) is 0. The van der Waals surface area contributed by atoms with E-state index in [0.717, 1.165) is 25.7 Å². The van der Waals surface area contributed by atoms with Crippen LogP contribution in [0.1, 0.15) is 32.6 Å². The van der Waals surface area contributed by atoms with Gasteiger partial charge in [0.2, 0.25) is 5.91 Å². The van der Waals surface area contributed by atoms with Gasteiger partial charge < -0.3 is 11.5 Å². The van der Waals surface area contributed by atoms with Crippen LogP contribution in [-0.4, -0.2) is 11.4 Å². The first-order valence-corrected chi connectivity index (χ1v) is 4.20. The molecule has 1 fully saturated rings. The van der Waals surface area contributed by atoms with Gasteiger partial charge in [0.15, 0.2) is 0 Å². The van der Waals surface area contributed by atoms with E-state index in [1.165, 1.54) is 0 Å². The Morgan fingerprint density at radius 1 is 1.73 bits per heavy atom. The number of hydrogen-bond acceptors (Lipinski definition) is 2. The smallest absolute Gasteiger partial charge is 0.237 e. The first kappa shape index (κ1) is 8.53. The average Bonchev–Trinajstić information content (AvgIpc) is 2.32. The minimum atomic E-state index is -0.700. The van der Waals surface area contributed by atoms with Crippen molar-refractivity contribution in [2.24, 2.45) is 17.4 Å². The Morgan fingerprint density at radius 2 is 2.36 bits per heavy atom. The molecule has 0 bridgehead atoms. The number of carbonyl (C=O) groups is 1. The summed E-state index contributed by atoms with van der Waals surface area (Å²) in [4.78, 5) is 11.0. The lowest BCUT2D eigenvalue weighted by molar-refractivity contribution is -0.124. The predicted octanol–water partition coefficient (Wildman–Crippen LogP) is 0.379. The predicted molar refractivity (Wildman–Crippen MR) is 43.7 cm³/mol. The molecule has 0 aliphatic heterocycles. The second-order valence-corrected chi connectivity index (χ2v) is 3.40. The topological polar surface area (TPSA) is 69.1 Å². The van der Waals surface area contributed by atoms with Crippen molar-refractivity contribution in [1.82, 2.24) is 0 Å². The van der Waals surface area contributed by atoms with Crippen molar-refractivity contribution in [3.8, 4) is 0 Å². The fourth-order valence-electron chi connectivity index (χ4n) is 2.00. The lowest BCUT2D eigenvalue weighted by Crippen LogP contribution is -2.54.